The molecule has 1 atom stereocenters. The van der Waals surface area contributed by atoms with Crippen LogP contribution in [0, 0.1) is 6.92 Å². The number of rotatable bonds is 4. The third kappa shape index (κ3) is 4.02. The molecule has 0 unspecified atom stereocenters. The summed E-state index contributed by atoms with van der Waals surface area (Å²) in [6.45, 7) is 2.65. The molecular weight excluding hydrogens is 361 g/mol. The molecule has 9 heteroatoms. The molecule has 0 spiro atoms. The molecule has 0 aliphatic carbocycles. The lowest BCUT2D eigenvalue weighted by Gasteiger charge is -2.22. The molecule has 27 heavy (non-hydrogen) atoms. The minimum atomic E-state index is -4.68. The van der Waals surface area contributed by atoms with Crippen molar-refractivity contribution in [3.63, 3.8) is 0 Å². The molecule has 1 aliphatic heterocycles. The van der Waals surface area contributed by atoms with Crippen LogP contribution in [0.25, 0.3) is 0 Å². The van der Waals surface area contributed by atoms with Gasteiger partial charge in [-0.25, -0.2) is 4.79 Å². The zero-order chi connectivity index (χ0) is 19.6. The van der Waals surface area contributed by atoms with Crippen molar-refractivity contribution in [1.82, 2.24) is 15.6 Å². The molecule has 1 saturated heterocycles. The van der Waals surface area contributed by atoms with Gasteiger partial charge in [0.25, 0.3) is 5.91 Å². The van der Waals surface area contributed by atoms with Crippen molar-refractivity contribution in [3.05, 3.63) is 59.4 Å². The Hall–Kier alpha value is -3.10. The summed E-state index contributed by atoms with van der Waals surface area (Å²) in [6, 6.07) is 4.59. The third-order valence-electron chi connectivity index (χ3n) is 4.24. The van der Waals surface area contributed by atoms with Gasteiger partial charge in [0.1, 0.15) is 0 Å². The van der Waals surface area contributed by atoms with Crippen LogP contribution in [-0.2, 0) is 0 Å². The zero-order valence-electron chi connectivity index (χ0n) is 14.4. The number of carbonyl (C=O) groups is 2. The maximum atomic E-state index is 13.4. The molecule has 1 fully saturated rings. The quantitative estimate of drug-likeness (QED) is 0.859. The minimum absolute atomic E-state index is 0.0356. The number of alkyl halides is 3. The topological polar surface area (TPSA) is 74.3 Å². The molecule has 0 saturated carbocycles. The Bertz CT molecular complexity index is 855. The number of halogens is 3. The SMILES string of the molecule is Cc1ccc(C(=O)N[C@H](c2cccnc2)C(F)(F)F)cc1N1CCNC1=O. The summed E-state index contributed by atoms with van der Waals surface area (Å²) in [5.41, 5.74) is 1.10. The Balaban J connectivity index is 1.88. The second kappa shape index (κ2) is 7.26. The van der Waals surface area contributed by atoms with Gasteiger partial charge in [0.2, 0.25) is 0 Å². The summed E-state index contributed by atoms with van der Waals surface area (Å²) < 4.78 is 40.3. The largest absolute Gasteiger partial charge is 0.412 e. The average Bonchev–Trinajstić information content (AvgIpc) is 3.05. The summed E-state index contributed by atoms with van der Waals surface area (Å²) in [4.78, 5) is 29.5. The van der Waals surface area contributed by atoms with Crippen molar-refractivity contribution in [2.75, 3.05) is 18.0 Å². The standard InChI is InChI=1S/C18H17F3N4O2/c1-11-4-5-12(9-14(11)25-8-7-23-17(25)27)16(26)24-15(18(19,20)21)13-3-2-6-22-10-13/h2-6,9-10,15H,7-8H2,1H3,(H,23,27)(H,24,26)/t15-/m1/s1. The Labute approximate surface area is 153 Å². The van der Waals surface area contributed by atoms with E-state index in [4.69, 9.17) is 0 Å². The number of urea groups is 1. The van der Waals surface area contributed by atoms with E-state index < -0.39 is 18.1 Å². The first-order chi connectivity index (χ1) is 12.8. The summed E-state index contributed by atoms with van der Waals surface area (Å²) in [5.74, 6) is -0.887. The zero-order valence-corrected chi connectivity index (χ0v) is 14.4. The van der Waals surface area contributed by atoms with Crippen LogP contribution in [0.4, 0.5) is 23.7 Å². The number of amides is 3. The highest BCUT2D eigenvalue weighted by atomic mass is 19.4. The van der Waals surface area contributed by atoms with Gasteiger partial charge in [-0.3, -0.25) is 14.7 Å². The number of anilines is 1. The molecule has 142 valence electrons. The Morgan fingerprint density at radius 3 is 2.70 bits per heavy atom. The fraction of sp³-hybridized carbons (Fsp3) is 0.278. The highest BCUT2D eigenvalue weighted by Gasteiger charge is 2.42. The van der Waals surface area contributed by atoms with Gasteiger partial charge in [0.15, 0.2) is 6.04 Å². The lowest BCUT2D eigenvalue weighted by molar-refractivity contribution is -0.155. The van der Waals surface area contributed by atoms with Crippen molar-refractivity contribution < 1.29 is 22.8 Å². The van der Waals surface area contributed by atoms with E-state index >= 15 is 0 Å². The predicted octanol–water partition coefficient (Wildman–Crippen LogP) is 2.95. The van der Waals surface area contributed by atoms with Crippen LogP contribution >= 0.6 is 0 Å². The van der Waals surface area contributed by atoms with Crippen LogP contribution in [0.15, 0.2) is 42.7 Å². The summed E-state index contributed by atoms with van der Waals surface area (Å²) in [6.07, 6.45) is -2.26. The van der Waals surface area contributed by atoms with Crippen LogP contribution in [0.2, 0.25) is 0 Å². The molecule has 1 aromatic carbocycles. The number of hydrogen-bond acceptors (Lipinski definition) is 3. The van der Waals surface area contributed by atoms with Gasteiger partial charge >= 0.3 is 12.2 Å². The first-order valence-electron chi connectivity index (χ1n) is 8.21. The first kappa shape index (κ1) is 18.7. The fourth-order valence-corrected chi connectivity index (χ4v) is 2.86. The van der Waals surface area contributed by atoms with Crippen molar-refractivity contribution in [2.24, 2.45) is 0 Å². The number of nitrogens with zero attached hydrogens (tertiary/aromatic N) is 2. The van der Waals surface area contributed by atoms with E-state index in [1.54, 1.807) is 13.0 Å². The second-order valence-electron chi connectivity index (χ2n) is 6.12. The van der Waals surface area contributed by atoms with Gasteiger partial charge in [-0.15, -0.1) is 0 Å². The van der Waals surface area contributed by atoms with E-state index in [0.717, 1.165) is 11.8 Å². The van der Waals surface area contributed by atoms with Crippen molar-refractivity contribution >= 4 is 17.6 Å². The molecule has 2 aromatic rings. The molecule has 1 aliphatic rings. The van der Waals surface area contributed by atoms with E-state index in [9.17, 15) is 22.8 Å². The van der Waals surface area contributed by atoms with Crippen LogP contribution in [0.1, 0.15) is 27.5 Å². The number of nitrogens with one attached hydrogen (secondary N) is 2. The molecule has 3 amide bonds. The Morgan fingerprint density at radius 1 is 1.33 bits per heavy atom. The Kier molecular flexibility index (Phi) is 5.02. The Morgan fingerprint density at radius 2 is 2.11 bits per heavy atom. The van der Waals surface area contributed by atoms with Crippen molar-refractivity contribution in [3.8, 4) is 0 Å². The van der Waals surface area contributed by atoms with Crippen LogP contribution in [-0.4, -0.2) is 36.2 Å². The molecule has 1 aromatic heterocycles. The van der Waals surface area contributed by atoms with Gasteiger partial charge in [-0.2, -0.15) is 13.2 Å². The number of benzene rings is 1. The highest BCUT2D eigenvalue weighted by Crippen LogP contribution is 2.33. The number of aromatic nitrogens is 1. The fourth-order valence-electron chi connectivity index (χ4n) is 2.86. The number of pyridine rings is 1. The monoisotopic (exact) mass is 378 g/mol. The maximum absolute atomic E-state index is 13.4. The van der Waals surface area contributed by atoms with Crippen molar-refractivity contribution in [2.45, 2.75) is 19.1 Å². The van der Waals surface area contributed by atoms with Crippen LogP contribution < -0.4 is 15.5 Å². The molecule has 0 bridgehead atoms. The van der Waals surface area contributed by atoms with E-state index in [0.29, 0.717) is 18.8 Å². The van der Waals surface area contributed by atoms with E-state index in [1.807, 2.05) is 5.32 Å². The molecule has 2 heterocycles. The number of carbonyl (C=O) groups excluding carboxylic acids is 2. The molecular formula is C18H17F3N4O2. The molecule has 3 rings (SSSR count). The lowest BCUT2D eigenvalue weighted by atomic mass is 10.1. The smallest absolute Gasteiger partial charge is 0.337 e. The predicted molar refractivity (Wildman–Crippen MR) is 92.4 cm³/mol. The molecule has 2 N–H and O–H groups in total. The van der Waals surface area contributed by atoms with Gasteiger partial charge in [-0.05, 0) is 30.7 Å². The van der Waals surface area contributed by atoms with E-state index in [1.165, 1.54) is 35.4 Å². The maximum Gasteiger partial charge on any atom is 0.412 e. The second-order valence-corrected chi connectivity index (χ2v) is 6.12. The number of aryl methyl sites for hydroxylation is 1. The first-order valence-corrected chi connectivity index (χ1v) is 8.21. The average molecular weight is 378 g/mol. The van der Waals surface area contributed by atoms with Crippen LogP contribution in [0.3, 0.4) is 0 Å². The summed E-state index contributed by atoms with van der Waals surface area (Å²) in [5, 5.41) is 4.66. The normalized spacial score (nSPS) is 15.4. The molecule has 0 radical (unpaired) electrons. The summed E-state index contributed by atoms with van der Waals surface area (Å²) >= 11 is 0. The third-order valence-corrected chi connectivity index (χ3v) is 4.24. The highest BCUT2D eigenvalue weighted by molar-refractivity contribution is 5.99. The molecule has 6 nitrogen and oxygen atoms in total. The van der Waals surface area contributed by atoms with Gasteiger partial charge in [-0.1, -0.05) is 12.1 Å². The van der Waals surface area contributed by atoms with E-state index in [-0.39, 0.29) is 17.2 Å². The van der Waals surface area contributed by atoms with Gasteiger partial charge < -0.3 is 10.6 Å². The van der Waals surface area contributed by atoms with Gasteiger partial charge in [0.05, 0.1) is 0 Å². The minimum Gasteiger partial charge on any atom is -0.337 e. The number of hydrogen-bond donors (Lipinski definition) is 2. The van der Waals surface area contributed by atoms with Crippen LogP contribution in [0.5, 0.6) is 0 Å². The van der Waals surface area contributed by atoms with Crippen molar-refractivity contribution in [1.29, 1.82) is 0 Å². The van der Waals surface area contributed by atoms with E-state index in [2.05, 4.69) is 10.3 Å². The van der Waals surface area contributed by atoms with Gasteiger partial charge in [0, 0.05) is 42.3 Å². The lowest BCUT2D eigenvalue weighted by Crippen LogP contribution is -2.38. The summed E-state index contributed by atoms with van der Waals surface area (Å²) in [7, 11) is 0.